The largest absolute Gasteiger partial charge is 0.494 e. The number of nitrogens with zero attached hydrogens (tertiary/aromatic N) is 4. The molecule has 6 rings (SSSR count). The zero-order chi connectivity index (χ0) is 38.0. The first-order valence-corrected chi connectivity index (χ1v) is 18.1. The second-order valence-corrected chi connectivity index (χ2v) is 13.1. The van der Waals surface area contributed by atoms with Crippen LogP contribution in [0.5, 0.6) is 40.2 Å². The summed E-state index contributed by atoms with van der Waals surface area (Å²) in [7, 11) is 9.72. The predicted octanol–water partition coefficient (Wildman–Crippen LogP) is 7.93. The van der Waals surface area contributed by atoms with Gasteiger partial charge in [0.15, 0.2) is 23.0 Å². The molecule has 1 fully saturated rings. The minimum absolute atomic E-state index is 0.327. The van der Waals surface area contributed by atoms with E-state index in [2.05, 4.69) is 56.2 Å². The number of methoxy groups -OCH3 is 6. The van der Waals surface area contributed by atoms with E-state index in [1.807, 2.05) is 56.0 Å². The fourth-order valence-electron chi connectivity index (χ4n) is 7.14. The van der Waals surface area contributed by atoms with Gasteiger partial charge in [0.25, 0.3) is 0 Å². The quantitative estimate of drug-likeness (QED) is 0.0989. The Morgan fingerprint density at radius 3 is 1.54 bits per heavy atom. The molecule has 0 unspecified atom stereocenters. The van der Waals surface area contributed by atoms with E-state index in [0.29, 0.717) is 53.7 Å². The van der Waals surface area contributed by atoms with Crippen molar-refractivity contribution >= 4 is 5.69 Å². The Bertz CT molecular complexity index is 1950. The minimum atomic E-state index is 0.327. The lowest BCUT2D eigenvalue weighted by Crippen LogP contribution is -2.44. The van der Waals surface area contributed by atoms with E-state index in [0.717, 1.165) is 77.3 Å². The molecule has 3 heterocycles. The maximum atomic E-state index is 5.78. The lowest BCUT2D eigenvalue weighted by Gasteiger charge is -2.40. The maximum Gasteiger partial charge on any atom is 0.203 e. The van der Waals surface area contributed by atoms with Crippen LogP contribution in [0.4, 0.5) is 5.69 Å². The summed E-state index contributed by atoms with van der Waals surface area (Å²) in [6.45, 7) is 6.04. The van der Waals surface area contributed by atoms with Crippen LogP contribution < -0.4 is 38.1 Å². The molecule has 0 saturated carbocycles. The van der Waals surface area contributed by atoms with Crippen molar-refractivity contribution in [2.24, 2.45) is 0 Å². The predicted molar refractivity (Wildman–Crippen MR) is 211 cm³/mol. The maximum absolute atomic E-state index is 5.78. The number of piperidine rings is 1. The molecule has 1 aliphatic heterocycles. The van der Waals surface area contributed by atoms with Gasteiger partial charge < -0.3 is 38.1 Å². The summed E-state index contributed by atoms with van der Waals surface area (Å²) < 4.78 is 39.3. The van der Waals surface area contributed by atoms with Crippen LogP contribution >= 0.6 is 0 Å². The second kappa shape index (κ2) is 17.9. The Morgan fingerprint density at radius 2 is 1.07 bits per heavy atom. The van der Waals surface area contributed by atoms with Crippen molar-refractivity contribution in [1.29, 1.82) is 0 Å². The molecule has 2 aromatic heterocycles. The number of aromatic nitrogens is 2. The molecule has 0 radical (unpaired) electrons. The zero-order valence-electron chi connectivity index (χ0n) is 32.3. The van der Waals surface area contributed by atoms with Gasteiger partial charge in [-0.1, -0.05) is 0 Å². The molecule has 0 amide bonds. The number of ether oxygens (including phenoxy) is 7. The SMILES string of the molecule is CCOc1ccc(N(Cc2cncc(-c3cc(OC)c(OC)c(OC)c3)c2)C2CCN(Cc3cncc(-c4cc(OC)c(OC)c(OC)c4)c3)CC2)cc1. The van der Waals surface area contributed by atoms with Gasteiger partial charge in [0.05, 0.1) is 49.3 Å². The molecular formula is C43H50N4O7. The van der Waals surface area contributed by atoms with Gasteiger partial charge in [0.2, 0.25) is 11.5 Å². The molecule has 11 heteroatoms. The summed E-state index contributed by atoms with van der Waals surface area (Å²) in [4.78, 5) is 14.3. The van der Waals surface area contributed by atoms with Gasteiger partial charge in [-0.25, -0.2) is 0 Å². The Balaban J connectivity index is 1.20. The Kier molecular flexibility index (Phi) is 12.6. The molecule has 1 saturated heterocycles. The summed E-state index contributed by atoms with van der Waals surface area (Å²) >= 11 is 0. The number of rotatable bonds is 16. The van der Waals surface area contributed by atoms with Crippen LogP contribution in [-0.4, -0.2) is 83.3 Å². The van der Waals surface area contributed by atoms with Crippen molar-refractivity contribution in [2.45, 2.75) is 38.9 Å². The van der Waals surface area contributed by atoms with E-state index in [9.17, 15) is 0 Å². The van der Waals surface area contributed by atoms with Gasteiger partial charge in [-0.15, -0.1) is 0 Å². The van der Waals surface area contributed by atoms with Crippen molar-refractivity contribution < 1.29 is 33.2 Å². The third-order valence-corrected chi connectivity index (χ3v) is 9.82. The topological polar surface area (TPSA) is 96.9 Å². The van der Waals surface area contributed by atoms with Gasteiger partial charge >= 0.3 is 0 Å². The Hall–Kier alpha value is -5.68. The lowest BCUT2D eigenvalue weighted by atomic mass is 9.99. The molecule has 54 heavy (non-hydrogen) atoms. The fraction of sp³-hybridized carbons (Fsp3) is 0.349. The smallest absolute Gasteiger partial charge is 0.203 e. The normalized spacial score (nSPS) is 13.2. The molecule has 1 aliphatic rings. The molecule has 5 aromatic rings. The van der Waals surface area contributed by atoms with E-state index in [4.69, 9.17) is 33.2 Å². The number of likely N-dealkylation sites (tertiary alicyclic amines) is 1. The highest BCUT2D eigenvalue weighted by molar-refractivity contribution is 5.72. The summed E-state index contributed by atoms with van der Waals surface area (Å²) in [5.74, 6) is 4.41. The van der Waals surface area contributed by atoms with Crippen LogP contribution in [0, 0.1) is 0 Å². The number of anilines is 1. The number of pyridine rings is 2. The highest BCUT2D eigenvalue weighted by Crippen LogP contribution is 2.42. The number of hydrogen-bond donors (Lipinski definition) is 0. The third kappa shape index (κ3) is 8.58. The highest BCUT2D eigenvalue weighted by Gasteiger charge is 2.26. The van der Waals surface area contributed by atoms with Crippen molar-refractivity contribution in [3.63, 3.8) is 0 Å². The standard InChI is InChI=1S/C43H50N4O7/c1-8-54-37-11-9-35(10-12-37)47(28-30-18-34(26-45-24-30)32-21-40(50-4)43(53-7)41(22-32)51-5)36-13-15-46(16-14-36)27-29-17-33(25-44-23-29)31-19-38(48-2)42(52-6)39(20-31)49-3/h9-12,17-26,36H,8,13-16,27-28H2,1-7H3. The Morgan fingerprint density at radius 1 is 0.593 bits per heavy atom. The first-order valence-electron chi connectivity index (χ1n) is 18.1. The van der Waals surface area contributed by atoms with E-state index in [-0.39, 0.29) is 0 Å². The van der Waals surface area contributed by atoms with Gasteiger partial charge in [0.1, 0.15) is 5.75 Å². The van der Waals surface area contributed by atoms with Crippen LogP contribution in [0.15, 0.2) is 85.5 Å². The monoisotopic (exact) mass is 734 g/mol. The average molecular weight is 735 g/mol. The summed E-state index contributed by atoms with van der Waals surface area (Å²) in [6.07, 6.45) is 9.66. The molecule has 0 atom stereocenters. The first kappa shape index (κ1) is 38.1. The van der Waals surface area contributed by atoms with E-state index < -0.39 is 0 Å². The highest BCUT2D eigenvalue weighted by atomic mass is 16.5. The fourth-order valence-corrected chi connectivity index (χ4v) is 7.14. The van der Waals surface area contributed by atoms with Gasteiger partial charge in [-0.3, -0.25) is 14.9 Å². The zero-order valence-corrected chi connectivity index (χ0v) is 32.3. The van der Waals surface area contributed by atoms with Crippen molar-refractivity contribution in [3.8, 4) is 62.5 Å². The third-order valence-electron chi connectivity index (χ3n) is 9.82. The van der Waals surface area contributed by atoms with Gasteiger partial charge in [-0.05, 0) is 103 Å². The molecule has 3 aromatic carbocycles. The van der Waals surface area contributed by atoms with Crippen LogP contribution in [0.25, 0.3) is 22.3 Å². The number of benzene rings is 3. The van der Waals surface area contributed by atoms with Gasteiger partial charge in [-0.2, -0.15) is 0 Å². The average Bonchev–Trinajstić information content (AvgIpc) is 3.22. The molecule has 0 bridgehead atoms. The molecule has 284 valence electrons. The van der Waals surface area contributed by atoms with Crippen LogP contribution in [0.3, 0.4) is 0 Å². The summed E-state index contributed by atoms with van der Waals surface area (Å²) in [5.41, 5.74) is 7.25. The van der Waals surface area contributed by atoms with Crippen molar-refractivity contribution in [1.82, 2.24) is 14.9 Å². The molecular weight excluding hydrogens is 684 g/mol. The van der Waals surface area contributed by atoms with Crippen molar-refractivity contribution in [2.75, 3.05) is 67.3 Å². The van der Waals surface area contributed by atoms with E-state index in [1.165, 1.54) is 0 Å². The van der Waals surface area contributed by atoms with Gasteiger partial charge in [0, 0.05) is 73.8 Å². The van der Waals surface area contributed by atoms with Crippen molar-refractivity contribution in [3.05, 3.63) is 96.6 Å². The molecule has 11 nitrogen and oxygen atoms in total. The second-order valence-electron chi connectivity index (χ2n) is 13.1. The summed E-state index contributed by atoms with van der Waals surface area (Å²) in [5, 5.41) is 0. The lowest BCUT2D eigenvalue weighted by molar-refractivity contribution is 0.200. The van der Waals surface area contributed by atoms with Crippen LogP contribution in [0.2, 0.25) is 0 Å². The van der Waals surface area contributed by atoms with Crippen LogP contribution in [-0.2, 0) is 13.1 Å². The molecule has 0 N–H and O–H groups in total. The van der Waals surface area contributed by atoms with Crippen LogP contribution in [0.1, 0.15) is 30.9 Å². The Labute approximate surface area is 318 Å². The first-order chi connectivity index (χ1) is 26.4. The number of hydrogen-bond acceptors (Lipinski definition) is 11. The molecule has 0 spiro atoms. The van der Waals surface area contributed by atoms with E-state index >= 15 is 0 Å². The molecule has 0 aliphatic carbocycles. The van der Waals surface area contributed by atoms with E-state index in [1.54, 1.807) is 42.7 Å². The summed E-state index contributed by atoms with van der Waals surface area (Å²) in [6, 6.07) is 21.0. The minimum Gasteiger partial charge on any atom is -0.494 e.